The molecular weight excluding hydrogens is 316 g/mol. The fourth-order valence-electron chi connectivity index (χ4n) is 3.08. The van der Waals surface area contributed by atoms with E-state index in [2.05, 4.69) is 10.6 Å². The molecule has 1 aromatic rings. The highest BCUT2D eigenvalue weighted by Crippen LogP contribution is 2.20. The van der Waals surface area contributed by atoms with E-state index < -0.39 is 0 Å². The first-order valence-corrected chi connectivity index (χ1v) is 9.39. The summed E-state index contributed by atoms with van der Waals surface area (Å²) in [7, 11) is 0. The third-order valence-electron chi connectivity index (χ3n) is 4.58. The minimum absolute atomic E-state index is 0.0391. The second kappa shape index (κ2) is 10.9. The normalized spacial score (nSPS) is 14.9. The number of ether oxygens (including phenoxy) is 1. The van der Waals surface area contributed by atoms with Gasteiger partial charge >= 0.3 is 0 Å². The molecule has 2 N–H and O–H groups in total. The van der Waals surface area contributed by atoms with Gasteiger partial charge in [-0.2, -0.15) is 0 Å². The van der Waals surface area contributed by atoms with Gasteiger partial charge in [-0.1, -0.05) is 37.5 Å². The Balaban J connectivity index is 1.51. The zero-order valence-corrected chi connectivity index (χ0v) is 15.2. The van der Waals surface area contributed by atoms with Gasteiger partial charge in [-0.15, -0.1) is 0 Å². The summed E-state index contributed by atoms with van der Waals surface area (Å²) >= 11 is 0. The lowest BCUT2D eigenvalue weighted by Gasteiger charge is -2.21. The Morgan fingerprint density at radius 2 is 1.84 bits per heavy atom. The molecule has 1 aromatic carbocycles. The monoisotopic (exact) mass is 346 g/mol. The highest BCUT2D eigenvalue weighted by atomic mass is 16.5. The molecule has 0 radical (unpaired) electrons. The van der Waals surface area contributed by atoms with Crippen LogP contribution in [0.3, 0.4) is 0 Å². The number of nitrogens with one attached hydrogen (secondary N) is 2. The molecule has 0 heterocycles. The van der Waals surface area contributed by atoms with Crippen LogP contribution in [0.4, 0.5) is 0 Å². The smallest absolute Gasteiger partial charge is 0.251 e. The predicted octanol–water partition coefficient (Wildman–Crippen LogP) is 2.97. The zero-order chi connectivity index (χ0) is 17.9. The van der Waals surface area contributed by atoms with E-state index >= 15 is 0 Å². The molecule has 0 atom stereocenters. The van der Waals surface area contributed by atoms with Crippen molar-refractivity contribution in [2.45, 2.75) is 58.0 Å². The summed E-state index contributed by atoms with van der Waals surface area (Å²) in [6.45, 7) is 3.57. The lowest BCUT2D eigenvalue weighted by molar-refractivity contribution is -0.121. The van der Waals surface area contributed by atoms with Gasteiger partial charge in [-0.05, 0) is 37.8 Å². The summed E-state index contributed by atoms with van der Waals surface area (Å²) in [6.07, 6.45) is 7.77. The minimum Gasteiger partial charge on any atom is -0.378 e. The molecule has 138 valence electrons. The van der Waals surface area contributed by atoms with Crippen LogP contribution in [0.2, 0.25) is 0 Å². The van der Waals surface area contributed by atoms with Gasteiger partial charge in [0.05, 0.1) is 6.10 Å². The average Bonchev–Trinajstić information content (AvgIpc) is 2.62. The maximum absolute atomic E-state index is 12.0. The van der Waals surface area contributed by atoms with Crippen molar-refractivity contribution in [3.05, 3.63) is 35.4 Å². The third kappa shape index (κ3) is 7.26. The second-order valence-corrected chi connectivity index (χ2v) is 6.66. The first-order chi connectivity index (χ1) is 12.2. The summed E-state index contributed by atoms with van der Waals surface area (Å²) in [4.78, 5) is 23.8. The summed E-state index contributed by atoms with van der Waals surface area (Å²) < 4.78 is 5.83. The molecule has 0 aromatic heterocycles. The number of carbonyl (C=O) groups excluding carboxylic acids is 2. The van der Waals surface area contributed by atoms with Crippen molar-refractivity contribution in [3.63, 3.8) is 0 Å². The van der Waals surface area contributed by atoms with Crippen LogP contribution >= 0.6 is 0 Å². The highest BCUT2D eigenvalue weighted by Gasteiger charge is 2.13. The Morgan fingerprint density at radius 3 is 2.60 bits per heavy atom. The van der Waals surface area contributed by atoms with Gasteiger partial charge in [0, 0.05) is 31.7 Å². The van der Waals surface area contributed by atoms with Crippen molar-refractivity contribution >= 4 is 11.8 Å². The molecule has 1 fully saturated rings. The van der Waals surface area contributed by atoms with Crippen LogP contribution in [0.15, 0.2) is 24.3 Å². The Kier molecular flexibility index (Phi) is 8.46. The first kappa shape index (κ1) is 19.4. The van der Waals surface area contributed by atoms with Crippen LogP contribution in [-0.2, 0) is 9.53 Å². The zero-order valence-electron chi connectivity index (χ0n) is 15.2. The summed E-state index contributed by atoms with van der Waals surface area (Å²) in [6, 6.07) is 7.43. The van der Waals surface area contributed by atoms with Gasteiger partial charge in [0.15, 0.2) is 0 Å². The molecular formula is C20H30N2O3. The number of rotatable bonds is 9. The molecule has 2 rings (SSSR count). The van der Waals surface area contributed by atoms with Crippen molar-refractivity contribution in [1.82, 2.24) is 10.6 Å². The van der Waals surface area contributed by atoms with E-state index in [0.29, 0.717) is 37.8 Å². The van der Waals surface area contributed by atoms with E-state index in [0.717, 1.165) is 12.0 Å². The second-order valence-electron chi connectivity index (χ2n) is 6.66. The lowest BCUT2D eigenvalue weighted by atomic mass is 9.98. The van der Waals surface area contributed by atoms with Crippen molar-refractivity contribution in [2.24, 2.45) is 0 Å². The largest absolute Gasteiger partial charge is 0.378 e. The van der Waals surface area contributed by atoms with Gasteiger partial charge in [0.25, 0.3) is 5.91 Å². The Labute approximate surface area is 150 Å². The van der Waals surface area contributed by atoms with Crippen molar-refractivity contribution < 1.29 is 14.3 Å². The van der Waals surface area contributed by atoms with Gasteiger partial charge < -0.3 is 15.4 Å². The minimum atomic E-state index is -0.133. The van der Waals surface area contributed by atoms with Gasteiger partial charge in [-0.25, -0.2) is 0 Å². The number of aryl methyl sites for hydroxylation is 1. The number of hydrogen-bond donors (Lipinski definition) is 2. The molecule has 5 nitrogen and oxygen atoms in total. The number of carbonyl (C=O) groups is 2. The molecule has 2 amide bonds. The fourth-order valence-corrected chi connectivity index (χ4v) is 3.08. The van der Waals surface area contributed by atoms with E-state index in [9.17, 15) is 9.59 Å². The van der Waals surface area contributed by atoms with Crippen LogP contribution in [0.25, 0.3) is 0 Å². The molecule has 0 unspecified atom stereocenters. The lowest BCUT2D eigenvalue weighted by Crippen LogP contribution is -2.31. The van der Waals surface area contributed by atoms with Crippen LogP contribution in [0.5, 0.6) is 0 Å². The van der Waals surface area contributed by atoms with E-state index in [-0.39, 0.29) is 11.8 Å². The number of amides is 2. The maximum atomic E-state index is 12.0. The number of hydrogen-bond acceptors (Lipinski definition) is 3. The van der Waals surface area contributed by atoms with E-state index in [1.54, 1.807) is 6.07 Å². The molecule has 25 heavy (non-hydrogen) atoms. The van der Waals surface area contributed by atoms with Crippen LogP contribution < -0.4 is 10.6 Å². The molecule has 5 heteroatoms. The molecule has 0 spiro atoms. The van der Waals surface area contributed by atoms with Gasteiger partial charge in [-0.3, -0.25) is 9.59 Å². The molecule has 1 aliphatic carbocycles. The Morgan fingerprint density at radius 1 is 1.08 bits per heavy atom. The molecule has 0 aliphatic heterocycles. The van der Waals surface area contributed by atoms with Crippen molar-refractivity contribution in [2.75, 3.05) is 19.7 Å². The van der Waals surface area contributed by atoms with Crippen LogP contribution in [0.1, 0.15) is 60.9 Å². The van der Waals surface area contributed by atoms with E-state index in [1.807, 2.05) is 25.1 Å². The van der Waals surface area contributed by atoms with E-state index in [1.165, 1.54) is 32.1 Å². The van der Waals surface area contributed by atoms with Gasteiger partial charge in [0.2, 0.25) is 5.91 Å². The molecule has 0 bridgehead atoms. The van der Waals surface area contributed by atoms with Crippen molar-refractivity contribution in [3.8, 4) is 0 Å². The van der Waals surface area contributed by atoms with Crippen molar-refractivity contribution in [1.29, 1.82) is 0 Å². The maximum Gasteiger partial charge on any atom is 0.251 e. The summed E-state index contributed by atoms with van der Waals surface area (Å²) in [5.74, 6) is -0.172. The SMILES string of the molecule is Cc1ccccc1C(=O)NCCC(=O)NCCCOC1CCCCC1. The third-order valence-corrected chi connectivity index (χ3v) is 4.58. The topological polar surface area (TPSA) is 67.4 Å². The highest BCUT2D eigenvalue weighted by molar-refractivity contribution is 5.95. The molecule has 1 aliphatic rings. The average molecular weight is 346 g/mol. The number of benzene rings is 1. The quantitative estimate of drug-likeness (QED) is 0.676. The van der Waals surface area contributed by atoms with E-state index in [4.69, 9.17) is 4.74 Å². The summed E-state index contributed by atoms with van der Waals surface area (Å²) in [5, 5.41) is 5.67. The molecule has 1 saturated carbocycles. The van der Waals surface area contributed by atoms with Gasteiger partial charge in [0.1, 0.15) is 0 Å². The predicted molar refractivity (Wildman–Crippen MR) is 98.6 cm³/mol. The van der Waals surface area contributed by atoms with Crippen LogP contribution in [0, 0.1) is 6.92 Å². The Bertz CT molecular complexity index is 554. The van der Waals surface area contributed by atoms with Crippen LogP contribution in [-0.4, -0.2) is 37.6 Å². The Hall–Kier alpha value is -1.88. The molecule has 0 saturated heterocycles. The first-order valence-electron chi connectivity index (χ1n) is 9.39. The fraction of sp³-hybridized carbons (Fsp3) is 0.600. The summed E-state index contributed by atoms with van der Waals surface area (Å²) in [5.41, 5.74) is 1.59. The standard InChI is InChI=1S/C20H30N2O3/c1-16-8-5-6-11-18(16)20(24)22-14-12-19(23)21-13-7-15-25-17-9-3-2-4-10-17/h5-6,8,11,17H,2-4,7,9-10,12-15H2,1H3,(H,21,23)(H,22,24).